The molecule has 11 heavy (non-hydrogen) atoms. The van der Waals surface area contributed by atoms with Gasteiger partial charge in [0, 0.05) is 6.61 Å². The maximum atomic E-state index is 8.79. The Labute approximate surface area is 68.8 Å². The summed E-state index contributed by atoms with van der Waals surface area (Å²) in [5.74, 6) is 4.00. The minimum atomic E-state index is 0.407. The van der Waals surface area contributed by atoms with E-state index in [0.29, 0.717) is 6.61 Å². The molecular weight excluding hydrogens is 136 g/mol. The van der Waals surface area contributed by atoms with Crippen molar-refractivity contribution in [2.45, 2.75) is 32.6 Å². The maximum Gasteiger partial charge on any atom is 0.0433 e. The van der Waals surface area contributed by atoms with Crippen molar-refractivity contribution < 1.29 is 5.11 Å². The summed E-state index contributed by atoms with van der Waals surface area (Å²) in [5, 5.41) is 8.79. The quantitative estimate of drug-likeness (QED) is 0.659. The number of fused-ring (bicyclic) bond motifs is 1. The Morgan fingerprint density at radius 1 is 1.27 bits per heavy atom. The van der Waals surface area contributed by atoms with Crippen LogP contribution in [-0.2, 0) is 0 Å². The van der Waals surface area contributed by atoms with Gasteiger partial charge in [0.15, 0.2) is 0 Å². The maximum absolute atomic E-state index is 8.79. The van der Waals surface area contributed by atoms with Crippen LogP contribution in [0.15, 0.2) is 0 Å². The third kappa shape index (κ3) is 1.01. The topological polar surface area (TPSA) is 20.2 Å². The van der Waals surface area contributed by atoms with Crippen LogP contribution in [0.3, 0.4) is 0 Å². The molecule has 0 spiro atoms. The van der Waals surface area contributed by atoms with Crippen molar-refractivity contribution in [3.8, 4) is 0 Å². The lowest BCUT2D eigenvalue weighted by atomic mass is 9.47. The monoisotopic (exact) mass is 154 g/mol. The third-order valence-corrected chi connectivity index (χ3v) is 3.87. The summed E-state index contributed by atoms with van der Waals surface area (Å²) in [7, 11) is 0. The number of rotatable bonds is 3. The minimum absolute atomic E-state index is 0.407. The first-order valence-electron chi connectivity index (χ1n) is 4.97. The smallest absolute Gasteiger partial charge is 0.0433 e. The van der Waals surface area contributed by atoms with E-state index in [-0.39, 0.29) is 0 Å². The molecule has 2 rings (SSSR count). The molecule has 1 N–H and O–H groups in total. The highest BCUT2D eigenvalue weighted by molar-refractivity contribution is 5.01. The number of aliphatic hydroxyl groups excluding tert-OH is 1. The van der Waals surface area contributed by atoms with Crippen molar-refractivity contribution >= 4 is 0 Å². The van der Waals surface area contributed by atoms with E-state index in [4.69, 9.17) is 5.11 Å². The van der Waals surface area contributed by atoms with E-state index in [2.05, 4.69) is 6.92 Å². The number of hydrogen-bond acceptors (Lipinski definition) is 1. The molecule has 0 bridgehead atoms. The van der Waals surface area contributed by atoms with Crippen LogP contribution in [0, 0.1) is 23.7 Å². The molecule has 0 amide bonds. The fraction of sp³-hybridized carbons (Fsp3) is 1.00. The van der Waals surface area contributed by atoms with Gasteiger partial charge in [0.1, 0.15) is 0 Å². The van der Waals surface area contributed by atoms with Crippen LogP contribution in [-0.4, -0.2) is 11.7 Å². The largest absolute Gasteiger partial charge is 0.396 e. The normalized spacial score (nSPS) is 47.5. The highest BCUT2D eigenvalue weighted by Gasteiger charge is 2.51. The molecule has 64 valence electrons. The van der Waals surface area contributed by atoms with E-state index in [1.165, 1.54) is 19.3 Å². The van der Waals surface area contributed by atoms with Crippen LogP contribution >= 0.6 is 0 Å². The predicted molar refractivity (Wildman–Crippen MR) is 45.2 cm³/mol. The summed E-state index contributed by atoms with van der Waals surface area (Å²) in [5.41, 5.74) is 0. The zero-order chi connectivity index (χ0) is 7.84. The first kappa shape index (κ1) is 7.60. The van der Waals surface area contributed by atoms with Crippen LogP contribution < -0.4 is 0 Å². The van der Waals surface area contributed by atoms with Gasteiger partial charge in [-0.15, -0.1) is 0 Å². The molecule has 2 aliphatic carbocycles. The van der Waals surface area contributed by atoms with E-state index < -0.39 is 0 Å². The van der Waals surface area contributed by atoms with Crippen molar-refractivity contribution in [2.24, 2.45) is 23.7 Å². The molecule has 0 aromatic heterocycles. The van der Waals surface area contributed by atoms with Gasteiger partial charge in [0.25, 0.3) is 0 Å². The molecule has 0 aliphatic heterocycles. The lowest BCUT2D eigenvalue weighted by Gasteiger charge is -2.58. The van der Waals surface area contributed by atoms with E-state index in [1.54, 1.807) is 0 Å². The van der Waals surface area contributed by atoms with Crippen LogP contribution in [0.2, 0.25) is 0 Å². The zero-order valence-electron chi connectivity index (χ0n) is 7.29. The van der Waals surface area contributed by atoms with Crippen molar-refractivity contribution in [1.82, 2.24) is 0 Å². The van der Waals surface area contributed by atoms with Crippen molar-refractivity contribution in [1.29, 1.82) is 0 Å². The molecule has 2 saturated carbocycles. The first-order valence-corrected chi connectivity index (χ1v) is 4.97. The molecule has 0 aromatic carbocycles. The van der Waals surface area contributed by atoms with E-state index in [1.807, 2.05) is 0 Å². The van der Waals surface area contributed by atoms with Gasteiger partial charge in [0.05, 0.1) is 0 Å². The second kappa shape index (κ2) is 2.78. The average Bonchev–Trinajstić information content (AvgIpc) is 1.97. The molecule has 2 aliphatic rings. The van der Waals surface area contributed by atoms with Crippen LogP contribution in [0.1, 0.15) is 32.6 Å². The molecule has 0 aromatic rings. The molecule has 0 radical (unpaired) electrons. The predicted octanol–water partition coefficient (Wildman–Crippen LogP) is 2.05. The SMILES string of the molecule is CCC1CC2CC(CCO)C12. The fourth-order valence-electron chi connectivity index (χ4n) is 3.18. The molecule has 0 heterocycles. The van der Waals surface area contributed by atoms with Gasteiger partial charge in [-0.3, -0.25) is 0 Å². The second-order valence-electron chi connectivity index (χ2n) is 4.25. The Hall–Kier alpha value is -0.0400. The summed E-state index contributed by atoms with van der Waals surface area (Å²) in [4.78, 5) is 0. The molecule has 4 unspecified atom stereocenters. The fourth-order valence-corrected chi connectivity index (χ4v) is 3.18. The van der Waals surface area contributed by atoms with Gasteiger partial charge < -0.3 is 5.11 Å². The molecule has 1 nitrogen and oxygen atoms in total. The number of hydrogen-bond donors (Lipinski definition) is 1. The van der Waals surface area contributed by atoms with Crippen molar-refractivity contribution in [2.75, 3.05) is 6.61 Å². The lowest BCUT2D eigenvalue weighted by Crippen LogP contribution is -2.51. The molecule has 4 atom stereocenters. The van der Waals surface area contributed by atoms with Crippen LogP contribution in [0.25, 0.3) is 0 Å². The van der Waals surface area contributed by atoms with E-state index >= 15 is 0 Å². The van der Waals surface area contributed by atoms with Crippen molar-refractivity contribution in [3.05, 3.63) is 0 Å². The second-order valence-corrected chi connectivity index (χ2v) is 4.25. The summed E-state index contributed by atoms with van der Waals surface area (Å²) in [6, 6.07) is 0. The Kier molecular flexibility index (Phi) is 1.92. The molecule has 2 fully saturated rings. The summed E-state index contributed by atoms with van der Waals surface area (Å²) in [6.45, 7) is 2.71. The number of aliphatic hydroxyl groups is 1. The lowest BCUT2D eigenvalue weighted by molar-refractivity contribution is -0.0977. The van der Waals surface area contributed by atoms with Crippen LogP contribution in [0.4, 0.5) is 0 Å². The Morgan fingerprint density at radius 2 is 2.00 bits per heavy atom. The standard InChI is InChI=1S/C10H18O/c1-2-7-5-9-6-8(3-4-11)10(7)9/h7-11H,2-6H2,1H3. The third-order valence-electron chi connectivity index (χ3n) is 3.87. The van der Waals surface area contributed by atoms with Gasteiger partial charge in [-0.2, -0.15) is 0 Å². The zero-order valence-corrected chi connectivity index (χ0v) is 7.29. The Balaban J connectivity index is 1.81. The van der Waals surface area contributed by atoms with Crippen molar-refractivity contribution in [3.63, 3.8) is 0 Å². The summed E-state index contributed by atoms with van der Waals surface area (Å²) >= 11 is 0. The molecular formula is C10H18O. The van der Waals surface area contributed by atoms with Gasteiger partial charge in [0.2, 0.25) is 0 Å². The average molecular weight is 154 g/mol. The van der Waals surface area contributed by atoms with Crippen LogP contribution in [0.5, 0.6) is 0 Å². The first-order chi connectivity index (χ1) is 5.36. The minimum Gasteiger partial charge on any atom is -0.396 e. The van der Waals surface area contributed by atoms with Gasteiger partial charge in [-0.1, -0.05) is 13.3 Å². The molecule has 0 saturated heterocycles. The van der Waals surface area contributed by atoms with Gasteiger partial charge in [-0.05, 0) is 42.9 Å². The summed E-state index contributed by atoms with van der Waals surface area (Å²) in [6.07, 6.45) is 5.34. The van der Waals surface area contributed by atoms with E-state index in [0.717, 1.165) is 30.1 Å². The van der Waals surface area contributed by atoms with Gasteiger partial charge in [-0.25, -0.2) is 0 Å². The van der Waals surface area contributed by atoms with E-state index in [9.17, 15) is 0 Å². The Bertz CT molecular complexity index is 142. The highest BCUT2D eigenvalue weighted by Crippen LogP contribution is 2.59. The molecule has 1 heteroatoms. The highest BCUT2D eigenvalue weighted by atomic mass is 16.3. The van der Waals surface area contributed by atoms with Gasteiger partial charge >= 0.3 is 0 Å². The summed E-state index contributed by atoms with van der Waals surface area (Å²) < 4.78 is 0. The Morgan fingerprint density at radius 3 is 2.55 bits per heavy atom.